The number of anilines is 1. The number of benzene rings is 1. The van der Waals surface area contributed by atoms with E-state index >= 15 is 0 Å². The first kappa shape index (κ1) is 18.3. The van der Waals surface area contributed by atoms with Crippen molar-refractivity contribution < 1.29 is 9.59 Å². The highest BCUT2D eigenvalue weighted by Gasteiger charge is 2.13. The number of aryl methyl sites for hydroxylation is 2. The van der Waals surface area contributed by atoms with Gasteiger partial charge in [-0.1, -0.05) is 24.3 Å². The summed E-state index contributed by atoms with van der Waals surface area (Å²) in [5.41, 5.74) is 4.03. The molecule has 3 rings (SSSR count). The Hall–Kier alpha value is -3.54. The molecule has 6 heteroatoms. The van der Waals surface area contributed by atoms with Gasteiger partial charge in [0.05, 0.1) is 12.2 Å². The molecule has 0 aliphatic rings. The van der Waals surface area contributed by atoms with E-state index in [4.69, 9.17) is 0 Å². The molecule has 0 unspecified atom stereocenters. The molecule has 27 heavy (non-hydrogen) atoms. The molecule has 6 nitrogen and oxygen atoms in total. The van der Waals surface area contributed by atoms with Crippen molar-refractivity contribution in [2.45, 2.75) is 20.4 Å². The molecular formula is C21H20N4O2. The van der Waals surface area contributed by atoms with Gasteiger partial charge in [0, 0.05) is 23.6 Å². The van der Waals surface area contributed by atoms with Crippen LogP contribution in [0.25, 0.3) is 0 Å². The SMILES string of the molecule is Cc1cccc(C)c1NC(=O)c1ccnc(C(=O)NCc2ccccn2)c1. The Balaban J connectivity index is 1.71. The van der Waals surface area contributed by atoms with Crippen molar-refractivity contribution in [3.8, 4) is 0 Å². The molecule has 0 saturated heterocycles. The summed E-state index contributed by atoms with van der Waals surface area (Å²) in [7, 11) is 0. The number of hydrogen-bond donors (Lipinski definition) is 2. The average Bonchev–Trinajstić information content (AvgIpc) is 2.70. The van der Waals surface area contributed by atoms with Gasteiger partial charge in [-0.3, -0.25) is 19.6 Å². The first-order valence-corrected chi connectivity index (χ1v) is 8.56. The fraction of sp³-hybridized carbons (Fsp3) is 0.143. The zero-order valence-corrected chi connectivity index (χ0v) is 15.2. The van der Waals surface area contributed by atoms with E-state index in [1.165, 1.54) is 12.3 Å². The van der Waals surface area contributed by atoms with Crippen LogP contribution in [0.1, 0.15) is 37.7 Å². The summed E-state index contributed by atoms with van der Waals surface area (Å²) in [5.74, 6) is -0.643. The van der Waals surface area contributed by atoms with Crippen LogP contribution in [0.5, 0.6) is 0 Å². The number of hydrogen-bond acceptors (Lipinski definition) is 4. The smallest absolute Gasteiger partial charge is 0.270 e. The minimum absolute atomic E-state index is 0.181. The number of para-hydroxylation sites is 1. The van der Waals surface area contributed by atoms with E-state index in [1.54, 1.807) is 12.3 Å². The van der Waals surface area contributed by atoms with Gasteiger partial charge in [0.25, 0.3) is 11.8 Å². The quantitative estimate of drug-likeness (QED) is 0.731. The molecule has 2 heterocycles. The molecule has 2 aromatic heterocycles. The van der Waals surface area contributed by atoms with E-state index in [0.717, 1.165) is 22.5 Å². The van der Waals surface area contributed by atoms with Crippen LogP contribution in [0.4, 0.5) is 5.69 Å². The third-order valence-corrected chi connectivity index (χ3v) is 4.13. The van der Waals surface area contributed by atoms with Crippen molar-refractivity contribution in [2.75, 3.05) is 5.32 Å². The molecule has 0 bridgehead atoms. The molecule has 0 atom stereocenters. The highest BCUT2D eigenvalue weighted by Crippen LogP contribution is 2.20. The standard InChI is InChI=1S/C21H20N4O2/c1-14-6-5-7-15(2)19(14)25-20(26)16-9-11-23-18(12-16)21(27)24-13-17-8-3-4-10-22-17/h3-12H,13H2,1-2H3,(H,24,27)(H,25,26). The van der Waals surface area contributed by atoms with Crippen LogP contribution in [0.2, 0.25) is 0 Å². The number of carbonyl (C=O) groups excluding carboxylic acids is 2. The van der Waals surface area contributed by atoms with Gasteiger partial charge in [-0.2, -0.15) is 0 Å². The van der Waals surface area contributed by atoms with E-state index in [2.05, 4.69) is 20.6 Å². The Kier molecular flexibility index (Phi) is 5.56. The minimum Gasteiger partial charge on any atom is -0.345 e. The molecule has 0 spiro atoms. The van der Waals surface area contributed by atoms with Crippen LogP contribution in [-0.2, 0) is 6.54 Å². The molecule has 2 amide bonds. The van der Waals surface area contributed by atoms with Crippen molar-refractivity contribution in [1.82, 2.24) is 15.3 Å². The number of pyridine rings is 2. The molecule has 0 saturated carbocycles. The molecule has 0 aliphatic heterocycles. The maximum atomic E-state index is 12.6. The Morgan fingerprint density at radius 1 is 0.889 bits per heavy atom. The van der Waals surface area contributed by atoms with Crippen molar-refractivity contribution >= 4 is 17.5 Å². The van der Waals surface area contributed by atoms with Gasteiger partial charge >= 0.3 is 0 Å². The first-order valence-electron chi connectivity index (χ1n) is 8.56. The molecule has 3 aromatic rings. The number of carbonyl (C=O) groups is 2. The number of aromatic nitrogens is 2. The summed E-state index contributed by atoms with van der Waals surface area (Å²) in [6.07, 6.45) is 3.12. The van der Waals surface area contributed by atoms with Crippen molar-refractivity contribution in [2.24, 2.45) is 0 Å². The third-order valence-electron chi connectivity index (χ3n) is 4.13. The highest BCUT2D eigenvalue weighted by atomic mass is 16.2. The maximum Gasteiger partial charge on any atom is 0.270 e. The third kappa shape index (κ3) is 4.55. The molecular weight excluding hydrogens is 340 g/mol. The Morgan fingerprint density at radius 3 is 2.37 bits per heavy atom. The summed E-state index contributed by atoms with van der Waals surface area (Å²) >= 11 is 0. The van der Waals surface area contributed by atoms with Crippen LogP contribution in [0.15, 0.2) is 60.9 Å². The van der Waals surface area contributed by atoms with Gasteiger partial charge < -0.3 is 10.6 Å². The van der Waals surface area contributed by atoms with Crippen LogP contribution in [-0.4, -0.2) is 21.8 Å². The van der Waals surface area contributed by atoms with Crippen molar-refractivity contribution in [3.05, 3.63) is 89.0 Å². The largest absolute Gasteiger partial charge is 0.345 e. The summed E-state index contributed by atoms with van der Waals surface area (Å²) in [6, 6.07) is 14.4. The molecule has 1 aromatic carbocycles. The summed E-state index contributed by atoms with van der Waals surface area (Å²) < 4.78 is 0. The van der Waals surface area contributed by atoms with Gasteiger partial charge in [0.1, 0.15) is 5.69 Å². The Bertz CT molecular complexity index is 951. The van der Waals surface area contributed by atoms with Crippen LogP contribution >= 0.6 is 0 Å². The van der Waals surface area contributed by atoms with E-state index in [-0.39, 0.29) is 17.5 Å². The van der Waals surface area contributed by atoms with Gasteiger partial charge in [0.2, 0.25) is 0 Å². The molecule has 136 valence electrons. The minimum atomic E-state index is -0.359. The highest BCUT2D eigenvalue weighted by molar-refractivity contribution is 6.06. The van der Waals surface area contributed by atoms with E-state index < -0.39 is 0 Å². The van der Waals surface area contributed by atoms with E-state index in [0.29, 0.717) is 12.1 Å². The monoisotopic (exact) mass is 360 g/mol. The Labute approximate surface area is 157 Å². The lowest BCUT2D eigenvalue weighted by molar-refractivity contribution is 0.0945. The van der Waals surface area contributed by atoms with Gasteiger partial charge in [-0.25, -0.2) is 0 Å². The zero-order chi connectivity index (χ0) is 19.2. The van der Waals surface area contributed by atoms with Crippen molar-refractivity contribution in [3.63, 3.8) is 0 Å². The maximum absolute atomic E-state index is 12.6. The Morgan fingerprint density at radius 2 is 1.67 bits per heavy atom. The summed E-state index contributed by atoms with van der Waals surface area (Å²) in [4.78, 5) is 33.1. The second kappa shape index (κ2) is 8.23. The van der Waals surface area contributed by atoms with E-state index in [9.17, 15) is 9.59 Å². The fourth-order valence-corrected chi connectivity index (χ4v) is 2.66. The number of nitrogens with zero attached hydrogens (tertiary/aromatic N) is 2. The second-order valence-corrected chi connectivity index (χ2v) is 6.15. The molecule has 0 fully saturated rings. The number of amides is 2. The van der Waals surface area contributed by atoms with Crippen molar-refractivity contribution in [1.29, 1.82) is 0 Å². The van der Waals surface area contributed by atoms with Gasteiger partial charge in [-0.05, 0) is 49.2 Å². The predicted molar refractivity (Wildman–Crippen MR) is 104 cm³/mol. The number of nitrogens with one attached hydrogen (secondary N) is 2. The number of rotatable bonds is 5. The first-order chi connectivity index (χ1) is 13.0. The normalized spacial score (nSPS) is 10.3. The predicted octanol–water partition coefficient (Wildman–Crippen LogP) is 3.28. The average molecular weight is 360 g/mol. The molecule has 0 radical (unpaired) electrons. The van der Waals surface area contributed by atoms with Gasteiger partial charge in [-0.15, -0.1) is 0 Å². The zero-order valence-electron chi connectivity index (χ0n) is 15.2. The lowest BCUT2D eigenvalue weighted by atomic mass is 10.1. The van der Waals surface area contributed by atoms with Crippen LogP contribution in [0, 0.1) is 13.8 Å². The fourth-order valence-electron chi connectivity index (χ4n) is 2.66. The molecule has 2 N–H and O–H groups in total. The topological polar surface area (TPSA) is 84.0 Å². The van der Waals surface area contributed by atoms with E-state index in [1.807, 2.05) is 50.2 Å². The van der Waals surface area contributed by atoms with Gasteiger partial charge in [0.15, 0.2) is 0 Å². The summed E-state index contributed by atoms with van der Waals surface area (Å²) in [5, 5.41) is 5.66. The lowest BCUT2D eigenvalue weighted by Crippen LogP contribution is -2.25. The summed E-state index contributed by atoms with van der Waals surface area (Å²) in [6.45, 7) is 4.16. The second-order valence-electron chi connectivity index (χ2n) is 6.15. The lowest BCUT2D eigenvalue weighted by Gasteiger charge is -2.12. The van der Waals surface area contributed by atoms with Crippen LogP contribution < -0.4 is 10.6 Å². The van der Waals surface area contributed by atoms with Crippen LogP contribution in [0.3, 0.4) is 0 Å². The molecule has 0 aliphatic carbocycles.